The Balaban J connectivity index is 4.23. The minimum Gasteiger partial charge on any atom is -0.383 e. The Morgan fingerprint density at radius 3 is 2.29 bits per heavy atom. The molecule has 0 fully saturated rings. The zero-order valence-electron chi connectivity index (χ0n) is 12.8. The minimum absolute atomic E-state index is 0.317. The second-order valence-corrected chi connectivity index (χ2v) is 6.09. The molecule has 0 saturated heterocycles. The molecule has 0 aliphatic heterocycles. The van der Waals surface area contributed by atoms with E-state index in [1.165, 1.54) is 6.42 Å². The van der Waals surface area contributed by atoms with Gasteiger partial charge in [0.15, 0.2) is 0 Å². The maximum absolute atomic E-state index is 5.28. The van der Waals surface area contributed by atoms with Crippen LogP contribution in [-0.4, -0.2) is 50.8 Å². The van der Waals surface area contributed by atoms with Crippen molar-refractivity contribution in [3.8, 4) is 0 Å². The van der Waals surface area contributed by atoms with Crippen LogP contribution >= 0.6 is 0 Å². The van der Waals surface area contributed by atoms with E-state index in [2.05, 4.69) is 51.9 Å². The Kier molecular flexibility index (Phi) is 8.01. The van der Waals surface area contributed by atoms with Crippen molar-refractivity contribution < 1.29 is 4.74 Å². The van der Waals surface area contributed by atoms with Gasteiger partial charge in [0, 0.05) is 25.7 Å². The van der Waals surface area contributed by atoms with Gasteiger partial charge in [-0.05, 0) is 32.4 Å². The van der Waals surface area contributed by atoms with Crippen molar-refractivity contribution in [3.05, 3.63) is 0 Å². The van der Waals surface area contributed by atoms with Gasteiger partial charge in [-0.15, -0.1) is 0 Å². The van der Waals surface area contributed by atoms with Crippen molar-refractivity contribution in [1.82, 2.24) is 10.2 Å². The van der Waals surface area contributed by atoms with Gasteiger partial charge >= 0.3 is 0 Å². The molecule has 0 saturated carbocycles. The Morgan fingerprint density at radius 1 is 1.29 bits per heavy atom. The first kappa shape index (κ1) is 16.9. The third-order valence-corrected chi connectivity index (χ3v) is 3.47. The zero-order chi connectivity index (χ0) is 13.5. The van der Waals surface area contributed by atoms with Crippen LogP contribution in [0.3, 0.4) is 0 Å². The van der Waals surface area contributed by atoms with Crippen LogP contribution in [0.4, 0.5) is 0 Å². The van der Waals surface area contributed by atoms with E-state index in [-0.39, 0.29) is 0 Å². The molecule has 0 aliphatic carbocycles. The molecular weight excluding hydrogens is 212 g/mol. The number of nitrogens with zero attached hydrogens (tertiary/aromatic N) is 1. The first-order chi connectivity index (χ1) is 7.82. The second kappa shape index (κ2) is 8.06. The lowest BCUT2D eigenvalue weighted by Crippen LogP contribution is -2.48. The lowest BCUT2D eigenvalue weighted by Gasteiger charge is -2.37. The molecule has 0 spiro atoms. The second-order valence-electron chi connectivity index (χ2n) is 6.09. The number of methoxy groups -OCH3 is 1. The third kappa shape index (κ3) is 7.02. The number of likely N-dealkylation sites (N-methyl/N-ethyl adjacent to an activating group) is 1. The molecule has 3 nitrogen and oxygen atoms in total. The Labute approximate surface area is 108 Å². The molecule has 0 aromatic heterocycles. The maximum Gasteiger partial charge on any atom is 0.0628 e. The van der Waals surface area contributed by atoms with Crippen molar-refractivity contribution in [2.75, 3.05) is 33.9 Å². The van der Waals surface area contributed by atoms with Crippen LogP contribution in [0, 0.1) is 5.41 Å². The summed E-state index contributed by atoms with van der Waals surface area (Å²) in [6, 6.07) is 0.986. The molecule has 0 rings (SSSR count). The monoisotopic (exact) mass is 244 g/mol. The van der Waals surface area contributed by atoms with Crippen molar-refractivity contribution in [2.24, 2.45) is 5.41 Å². The average Bonchev–Trinajstić information content (AvgIpc) is 2.23. The van der Waals surface area contributed by atoms with E-state index < -0.39 is 0 Å². The first-order valence-electron chi connectivity index (χ1n) is 6.75. The van der Waals surface area contributed by atoms with Crippen LogP contribution in [0.5, 0.6) is 0 Å². The van der Waals surface area contributed by atoms with Gasteiger partial charge in [-0.3, -0.25) is 0 Å². The molecule has 0 amide bonds. The van der Waals surface area contributed by atoms with Crippen LogP contribution in [0.1, 0.15) is 41.0 Å². The fraction of sp³-hybridized carbons (Fsp3) is 1.00. The highest BCUT2D eigenvalue weighted by molar-refractivity contribution is 4.80. The van der Waals surface area contributed by atoms with Gasteiger partial charge in [-0.25, -0.2) is 0 Å². The summed E-state index contributed by atoms with van der Waals surface area (Å²) in [7, 11) is 3.97. The van der Waals surface area contributed by atoms with E-state index >= 15 is 0 Å². The predicted molar refractivity (Wildman–Crippen MR) is 75.5 cm³/mol. The highest BCUT2D eigenvalue weighted by atomic mass is 16.5. The fourth-order valence-corrected chi connectivity index (χ4v) is 1.89. The number of nitrogens with one attached hydrogen (secondary N) is 1. The Hall–Kier alpha value is -0.120. The van der Waals surface area contributed by atoms with E-state index in [1.807, 2.05) is 0 Å². The first-order valence-corrected chi connectivity index (χ1v) is 6.75. The molecule has 17 heavy (non-hydrogen) atoms. The molecule has 2 unspecified atom stereocenters. The molecule has 0 aromatic carbocycles. The quantitative estimate of drug-likeness (QED) is 0.709. The highest BCUT2D eigenvalue weighted by Crippen LogP contribution is 2.22. The molecule has 2 atom stereocenters. The minimum atomic E-state index is 0.317. The van der Waals surface area contributed by atoms with Gasteiger partial charge in [0.1, 0.15) is 0 Å². The summed E-state index contributed by atoms with van der Waals surface area (Å²) in [5.41, 5.74) is 0.317. The van der Waals surface area contributed by atoms with Gasteiger partial charge in [0.2, 0.25) is 0 Å². The number of hydrogen-bond donors (Lipinski definition) is 1. The van der Waals surface area contributed by atoms with Crippen LogP contribution in [0.15, 0.2) is 0 Å². The van der Waals surface area contributed by atoms with Crippen LogP contribution in [0.2, 0.25) is 0 Å². The van der Waals surface area contributed by atoms with Gasteiger partial charge in [-0.1, -0.05) is 27.7 Å². The number of hydrogen-bond acceptors (Lipinski definition) is 3. The van der Waals surface area contributed by atoms with Crippen molar-refractivity contribution in [2.45, 2.75) is 53.1 Å². The van der Waals surface area contributed by atoms with E-state index in [0.717, 1.165) is 19.7 Å². The molecule has 0 radical (unpaired) electrons. The predicted octanol–water partition coefficient (Wildman–Crippen LogP) is 2.37. The van der Waals surface area contributed by atoms with Crippen LogP contribution in [-0.2, 0) is 4.74 Å². The summed E-state index contributed by atoms with van der Waals surface area (Å²) < 4.78 is 5.28. The molecule has 1 N–H and O–H groups in total. The molecule has 0 bridgehead atoms. The maximum atomic E-state index is 5.28. The average molecular weight is 244 g/mol. The summed E-state index contributed by atoms with van der Waals surface area (Å²) in [5.74, 6) is 0. The number of rotatable bonds is 8. The summed E-state index contributed by atoms with van der Waals surface area (Å²) >= 11 is 0. The summed E-state index contributed by atoms with van der Waals surface area (Å²) in [6.07, 6.45) is 1.17. The van der Waals surface area contributed by atoms with Crippen LogP contribution < -0.4 is 5.32 Å². The molecular formula is C14H32N2O. The standard InChI is InChI=1S/C14H32N2O/c1-8-9-15-13(11-17-7)10-16(6)12(2)14(3,4)5/h12-13,15H,8-11H2,1-7H3. The largest absolute Gasteiger partial charge is 0.383 e. The van der Waals surface area contributed by atoms with E-state index in [1.54, 1.807) is 7.11 Å². The smallest absolute Gasteiger partial charge is 0.0628 e. The zero-order valence-corrected chi connectivity index (χ0v) is 12.8. The van der Waals surface area contributed by atoms with Gasteiger partial charge < -0.3 is 15.0 Å². The molecule has 0 heterocycles. The normalized spacial score (nSPS) is 16.2. The molecule has 104 valence electrons. The fourth-order valence-electron chi connectivity index (χ4n) is 1.89. The lowest BCUT2D eigenvalue weighted by molar-refractivity contribution is 0.0990. The van der Waals surface area contributed by atoms with Crippen molar-refractivity contribution in [3.63, 3.8) is 0 Å². The van der Waals surface area contributed by atoms with Gasteiger partial charge in [-0.2, -0.15) is 0 Å². The van der Waals surface area contributed by atoms with E-state index in [0.29, 0.717) is 17.5 Å². The van der Waals surface area contributed by atoms with E-state index in [9.17, 15) is 0 Å². The summed E-state index contributed by atoms with van der Waals surface area (Å²) in [6.45, 7) is 14.2. The lowest BCUT2D eigenvalue weighted by atomic mass is 9.87. The topological polar surface area (TPSA) is 24.5 Å². The SMILES string of the molecule is CCCNC(COC)CN(C)C(C)C(C)(C)C. The summed E-state index contributed by atoms with van der Waals surface area (Å²) in [5, 5.41) is 3.54. The number of ether oxygens (including phenoxy) is 1. The highest BCUT2D eigenvalue weighted by Gasteiger charge is 2.25. The Bertz CT molecular complexity index is 189. The van der Waals surface area contributed by atoms with Crippen molar-refractivity contribution >= 4 is 0 Å². The Morgan fingerprint density at radius 2 is 1.88 bits per heavy atom. The third-order valence-electron chi connectivity index (χ3n) is 3.47. The molecule has 0 aliphatic rings. The molecule has 3 heteroatoms. The van der Waals surface area contributed by atoms with Gasteiger partial charge in [0.25, 0.3) is 0 Å². The van der Waals surface area contributed by atoms with Crippen molar-refractivity contribution in [1.29, 1.82) is 0 Å². The molecule has 0 aromatic rings. The summed E-state index contributed by atoms with van der Waals surface area (Å²) in [4.78, 5) is 2.42. The van der Waals surface area contributed by atoms with Crippen LogP contribution in [0.25, 0.3) is 0 Å². The van der Waals surface area contributed by atoms with Gasteiger partial charge in [0.05, 0.1) is 6.61 Å². The van der Waals surface area contributed by atoms with E-state index in [4.69, 9.17) is 4.74 Å².